The fourth-order valence-corrected chi connectivity index (χ4v) is 13.5. The van der Waals surface area contributed by atoms with E-state index in [1.54, 1.807) is 12.1 Å². The number of halogens is 1. The van der Waals surface area contributed by atoms with Crippen molar-refractivity contribution in [2.45, 2.75) is 89.4 Å². The molecule has 7 aromatic rings. The predicted octanol–water partition coefficient (Wildman–Crippen LogP) is 11.3. The summed E-state index contributed by atoms with van der Waals surface area (Å²) in [5.74, 6) is -0.393. The van der Waals surface area contributed by atoms with Crippen LogP contribution in [0.25, 0.3) is 0 Å². The molecule has 0 saturated carbocycles. The number of hydrogen-bond donors (Lipinski definition) is 0. The van der Waals surface area contributed by atoms with Crippen molar-refractivity contribution >= 4 is 18.7 Å². The fourth-order valence-electron chi connectivity index (χ4n) is 8.93. The molecule has 0 bridgehead atoms. The molecular weight excluding hydrogens is 828 g/mol. The highest BCUT2D eigenvalue weighted by atomic mass is 28.4. The highest BCUT2D eigenvalue weighted by molar-refractivity contribution is 6.99. The van der Waals surface area contributed by atoms with Crippen LogP contribution in [0.2, 0.25) is 5.04 Å². The summed E-state index contributed by atoms with van der Waals surface area (Å²) in [6, 6.07) is 66.4. The summed E-state index contributed by atoms with van der Waals surface area (Å²) in [5.41, 5.74) is 5.36. The summed E-state index contributed by atoms with van der Waals surface area (Å²) < 4.78 is 58.2. The Morgan fingerprint density at radius 1 is 0.462 bits per heavy atom. The minimum Gasteiger partial charge on any atom is -0.403 e. The van der Waals surface area contributed by atoms with Crippen LogP contribution in [-0.2, 0) is 61.1 Å². The Labute approximate surface area is 385 Å². The van der Waals surface area contributed by atoms with Gasteiger partial charge in [0, 0.05) is 0 Å². The van der Waals surface area contributed by atoms with E-state index in [4.69, 9.17) is 28.1 Å². The Morgan fingerprint density at radius 3 is 1.34 bits per heavy atom. The Kier molecular flexibility index (Phi) is 15.6. The van der Waals surface area contributed by atoms with Gasteiger partial charge in [-0.25, -0.2) is 4.39 Å². The second-order valence-corrected chi connectivity index (χ2v) is 22.0. The van der Waals surface area contributed by atoms with Gasteiger partial charge in [0.05, 0.1) is 39.6 Å². The third kappa shape index (κ3) is 11.6. The van der Waals surface area contributed by atoms with Gasteiger partial charge in [0.15, 0.2) is 0 Å². The average molecular weight is 887 g/mol. The summed E-state index contributed by atoms with van der Waals surface area (Å²) in [4.78, 5) is 0. The molecule has 1 heterocycles. The molecule has 1 unspecified atom stereocenters. The maximum absolute atomic E-state index is 16.4. The van der Waals surface area contributed by atoms with E-state index < -0.39 is 44.7 Å². The van der Waals surface area contributed by atoms with Gasteiger partial charge in [-0.15, -0.1) is 0 Å². The van der Waals surface area contributed by atoms with Gasteiger partial charge in [0.25, 0.3) is 8.32 Å². The molecule has 1 aliphatic rings. The highest BCUT2D eigenvalue weighted by Gasteiger charge is 2.51. The summed E-state index contributed by atoms with van der Waals surface area (Å²) in [5, 5.41) is 2.04. The summed E-state index contributed by atoms with van der Waals surface area (Å²) in [7, 11) is -2.96. The van der Waals surface area contributed by atoms with Crippen molar-refractivity contribution in [1.29, 1.82) is 0 Å². The molecular formula is C57H59FO6Si. The summed E-state index contributed by atoms with van der Waals surface area (Å²) in [6.07, 6.45) is -3.41. The van der Waals surface area contributed by atoms with Gasteiger partial charge in [-0.2, -0.15) is 0 Å². The summed E-state index contributed by atoms with van der Waals surface area (Å²) >= 11 is 0. The molecule has 65 heavy (non-hydrogen) atoms. The van der Waals surface area contributed by atoms with Gasteiger partial charge < -0.3 is 28.1 Å². The average Bonchev–Trinajstić information content (AvgIpc) is 3.34. The van der Waals surface area contributed by atoms with Crippen LogP contribution in [0.5, 0.6) is 0 Å². The minimum absolute atomic E-state index is 0.181. The maximum atomic E-state index is 16.4. The van der Waals surface area contributed by atoms with Crippen LogP contribution < -0.4 is 10.4 Å². The van der Waals surface area contributed by atoms with Crippen LogP contribution >= 0.6 is 0 Å². The number of ether oxygens (including phenoxy) is 5. The van der Waals surface area contributed by atoms with Crippen molar-refractivity contribution in [3.8, 4) is 0 Å². The molecule has 1 aliphatic heterocycles. The topological polar surface area (TPSA) is 55.4 Å². The van der Waals surface area contributed by atoms with Crippen LogP contribution in [0.4, 0.5) is 4.39 Å². The first-order valence-electron chi connectivity index (χ1n) is 22.5. The molecule has 5 atom stereocenters. The van der Waals surface area contributed by atoms with Crippen LogP contribution in [0.3, 0.4) is 0 Å². The molecule has 1 fully saturated rings. The molecule has 8 heteroatoms. The van der Waals surface area contributed by atoms with E-state index >= 15 is 4.39 Å². The lowest BCUT2D eigenvalue weighted by atomic mass is 9.89. The minimum atomic E-state index is -2.96. The van der Waals surface area contributed by atoms with E-state index in [1.165, 1.54) is 0 Å². The van der Waals surface area contributed by atoms with Crippen molar-refractivity contribution in [1.82, 2.24) is 0 Å². The normalized spacial score (nSPS) is 18.9. The molecule has 7 aromatic carbocycles. The Hall–Kier alpha value is -5.55. The van der Waals surface area contributed by atoms with E-state index in [1.807, 2.05) is 140 Å². The standard InChI is InChI=1S/C57H59FO6Si/c1-57(2,3)65(50-30-18-8-19-31-50,51-32-20-9-21-33-51)63-41-47-34-48(36-49(58)35-47)53-55(61-39-45-26-14-6-15-27-45)56(62-40-46-28-16-7-17-29-46)54(60-38-44-24-12-5-13-25-44)52(64-53)42-59-37-43-22-10-4-11-23-43/h4-36,52-56H,37-42H2,1-3H3/t52-,53?,54-,55+,56+/m1/s1. The van der Waals surface area contributed by atoms with Crippen molar-refractivity contribution in [2.24, 2.45) is 0 Å². The first-order chi connectivity index (χ1) is 31.8. The van der Waals surface area contributed by atoms with Crippen molar-refractivity contribution in [3.05, 3.63) is 239 Å². The van der Waals surface area contributed by atoms with Gasteiger partial charge in [-0.3, -0.25) is 0 Å². The first-order valence-corrected chi connectivity index (χ1v) is 24.5. The van der Waals surface area contributed by atoms with Gasteiger partial charge >= 0.3 is 0 Å². The van der Waals surface area contributed by atoms with Gasteiger partial charge in [0.2, 0.25) is 0 Å². The molecule has 334 valence electrons. The van der Waals surface area contributed by atoms with E-state index in [0.29, 0.717) is 30.9 Å². The fraction of sp³-hybridized carbons (Fsp3) is 0.263. The molecule has 0 aliphatic carbocycles. The van der Waals surface area contributed by atoms with Crippen LogP contribution in [0, 0.1) is 5.82 Å². The lowest BCUT2D eigenvalue weighted by Crippen LogP contribution is -2.66. The third-order valence-corrected chi connectivity index (χ3v) is 17.0. The molecule has 0 radical (unpaired) electrons. The number of benzene rings is 7. The second kappa shape index (κ2) is 22.1. The molecule has 1 saturated heterocycles. The monoisotopic (exact) mass is 886 g/mol. The quantitative estimate of drug-likeness (QED) is 0.0754. The van der Waals surface area contributed by atoms with E-state index in [2.05, 4.69) is 69.3 Å². The maximum Gasteiger partial charge on any atom is 0.261 e. The zero-order chi connectivity index (χ0) is 44.9. The van der Waals surface area contributed by atoms with Crippen LogP contribution in [-0.4, -0.2) is 39.3 Å². The highest BCUT2D eigenvalue weighted by Crippen LogP contribution is 2.41. The van der Waals surface area contributed by atoms with Crippen LogP contribution in [0.15, 0.2) is 200 Å². The number of hydrogen-bond acceptors (Lipinski definition) is 6. The smallest absolute Gasteiger partial charge is 0.261 e. The summed E-state index contributed by atoms with van der Waals surface area (Å²) in [6.45, 7) is 8.37. The lowest BCUT2D eigenvalue weighted by Gasteiger charge is -2.46. The van der Waals surface area contributed by atoms with Crippen molar-refractivity contribution in [2.75, 3.05) is 6.61 Å². The SMILES string of the molecule is CC(C)(C)[Si](OCc1cc(F)cc(C2O[C@H](COCc3ccccc3)[C@@H](OCc3ccccc3)[C@H](OCc3ccccc3)[C@H]2OCc2ccccc2)c1)(c1ccccc1)c1ccccc1. The van der Waals surface area contributed by atoms with Gasteiger partial charge in [0.1, 0.15) is 36.3 Å². The predicted molar refractivity (Wildman–Crippen MR) is 258 cm³/mol. The van der Waals surface area contributed by atoms with E-state index in [9.17, 15) is 0 Å². The lowest BCUT2D eigenvalue weighted by molar-refractivity contribution is -0.275. The first kappa shape index (κ1) is 46.0. The number of rotatable bonds is 19. The van der Waals surface area contributed by atoms with Crippen LogP contribution in [0.1, 0.15) is 60.3 Å². The van der Waals surface area contributed by atoms with Gasteiger partial charge in [-0.05, 0) is 60.9 Å². The second-order valence-electron chi connectivity index (χ2n) is 17.7. The molecule has 6 nitrogen and oxygen atoms in total. The molecule has 0 amide bonds. The Morgan fingerprint density at radius 2 is 0.877 bits per heavy atom. The Balaban J connectivity index is 1.18. The third-order valence-electron chi connectivity index (χ3n) is 12.1. The van der Waals surface area contributed by atoms with Crippen molar-refractivity contribution in [3.63, 3.8) is 0 Å². The van der Waals surface area contributed by atoms with E-state index in [0.717, 1.165) is 32.6 Å². The largest absolute Gasteiger partial charge is 0.403 e. The molecule has 8 rings (SSSR count). The van der Waals surface area contributed by atoms with E-state index in [-0.39, 0.29) is 24.9 Å². The zero-order valence-corrected chi connectivity index (χ0v) is 38.5. The van der Waals surface area contributed by atoms with Gasteiger partial charge in [-0.1, -0.05) is 209 Å². The molecule has 0 aromatic heterocycles. The Bertz CT molecular complexity index is 2430. The van der Waals surface area contributed by atoms with Crippen molar-refractivity contribution < 1.29 is 32.5 Å². The molecule has 0 spiro atoms. The zero-order valence-electron chi connectivity index (χ0n) is 37.5. The molecule has 0 N–H and O–H groups in total.